The third-order valence-electron chi connectivity index (χ3n) is 5.26. The number of epoxide rings is 1. The van der Waals surface area contributed by atoms with E-state index in [0.717, 1.165) is 19.2 Å². The van der Waals surface area contributed by atoms with Crippen LogP contribution in [0, 0.1) is 18.6 Å². The highest BCUT2D eigenvalue weighted by atomic mass is 19.4. The average Bonchev–Trinajstić information content (AvgIpc) is 3.46. The molecule has 1 saturated heterocycles. The summed E-state index contributed by atoms with van der Waals surface area (Å²) in [5, 5.41) is 0.602. The zero-order valence-corrected chi connectivity index (χ0v) is 15.5. The van der Waals surface area contributed by atoms with Crippen molar-refractivity contribution in [2.24, 2.45) is 0 Å². The Bertz CT molecular complexity index is 1090. The molecule has 2 unspecified atom stereocenters. The molecule has 1 fully saturated rings. The molecule has 4 rings (SSSR count). The summed E-state index contributed by atoms with van der Waals surface area (Å²) in [5.41, 5.74) is -1.92. The molecule has 0 aliphatic carbocycles. The van der Waals surface area contributed by atoms with Gasteiger partial charge >= 0.3 is 6.18 Å². The van der Waals surface area contributed by atoms with E-state index in [1.165, 1.54) is 0 Å². The van der Waals surface area contributed by atoms with Crippen LogP contribution in [0.2, 0.25) is 0 Å². The number of nitrogens with zero attached hydrogens (tertiary/aromatic N) is 1. The van der Waals surface area contributed by atoms with Crippen molar-refractivity contribution in [3.8, 4) is 5.75 Å². The summed E-state index contributed by atoms with van der Waals surface area (Å²) in [5.74, 6) is -4.51. The second kappa shape index (κ2) is 6.66. The Morgan fingerprint density at radius 3 is 2.41 bits per heavy atom. The van der Waals surface area contributed by atoms with E-state index in [9.17, 15) is 17.6 Å². The standard InChI is InChI=1S/C21H16F5NO2/c1-11-14(9-12-5-3-4-6-16(12)27-11)17(20(10-29-20)21(24,25)26)13-7-8-15(22)19(28-2)18(13)23/h3-9,17H,10H2,1-2H3. The van der Waals surface area contributed by atoms with Crippen LogP contribution in [0.25, 0.3) is 10.9 Å². The number of aryl methyl sites for hydroxylation is 1. The first kappa shape index (κ1) is 19.6. The van der Waals surface area contributed by atoms with Crippen molar-refractivity contribution in [3.05, 3.63) is 70.9 Å². The molecule has 3 nitrogen and oxygen atoms in total. The average molecular weight is 409 g/mol. The van der Waals surface area contributed by atoms with Crippen LogP contribution in [0.5, 0.6) is 5.75 Å². The number of methoxy groups -OCH3 is 1. The maximum atomic E-state index is 15.1. The molecule has 29 heavy (non-hydrogen) atoms. The van der Waals surface area contributed by atoms with E-state index >= 15 is 4.39 Å². The van der Waals surface area contributed by atoms with Gasteiger partial charge in [-0.3, -0.25) is 4.98 Å². The Labute approximate surface area is 163 Å². The monoisotopic (exact) mass is 409 g/mol. The molecule has 2 atom stereocenters. The van der Waals surface area contributed by atoms with Crippen LogP contribution >= 0.6 is 0 Å². The second-order valence-corrected chi connectivity index (χ2v) is 6.95. The number of aromatic nitrogens is 1. The Morgan fingerprint density at radius 2 is 1.79 bits per heavy atom. The molecule has 152 valence electrons. The molecule has 3 aromatic rings. The molecule has 0 saturated carbocycles. The van der Waals surface area contributed by atoms with Crippen LogP contribution in [-0.4, -0.2) is 30.5 Å². The molecule has 0 radical (unpaired) electrons. The predicted octanol–water partition coefficient (Wildman–Crippen LogP) is 5.29. The number of ether oxygens (including phenoxy) is 2. The molecule has 0 N–H and O–H groups in total. The summed E-state index contributed by atoms with van der Waals surface area (Å²) in [7, 11) is 1.05. The molecule has 1 aromatic heterocycles. The van der Waals surface area contributed by atoms with Crippen molar-refractivity contribution < 1.29 is 31.4 Å². The van der Waals surface area contributed by atoms with Crippen molar-refractivity contribution in [1.82, 2.24) is 4.98 Å². The van der Waals surface area contributed by atoms with Gasteiger partial charge in [-0.2, -0.15) is 13.2 Å². The minimum atomic E-state index is -4.77. The highest BCUT2D eigenvalue weighted by Crippen LogP contribution is 2.56. The van der Waals surface area contributed by atoms with Crippen LogP contribution in [0.1, 0.15) is 22.7 Å². The lowest BCUT2D eigenvalue weighted by Crippen LogP contribution is -2.40. The summed E-state index contributed by atoms with van der Waals surface area (Å²) < 4.78 is 80.5. The van der Waals surface area contributed by atoms with E-state index in [0.29, 0.717) is 16.6 Å². The molecule has 1 aliphatic rings. The molecule has 2 aromatic carbocycles. The number of hydrogen-bond donors (Lipinski definition) is 0. The summed E-state index contributed by atoms with van der Waals surface area (Å²) in [4.78, 5) is 4.38. The van der Waals surface area contributed by atoms with Gasteiger partial charge in [0.2, 0.25) is 0 Å². The maximum absolute atomic E-state index is 15.1. The number of benzene rings is 2. The van der Waals surface area contributed by atoms with Crippen LogP contribution < -0.4 is 4.74 Å². The van der Waals surface area contributed by atoms with Gasteiger partial charge in [0.1, 0.15) is 0 Å². The van der Waals surface area contributed by atoms with Crippen LogP contribution in [-0.2, 0) is 4.74 Å². The third kappa shape index (κ3) is 3.02. The minimum absolute atomic E-state index is 0.158. The van der Waals surface area contributed by atoms with Crippen molar-refractivity contribution in [1.29, 1.82) is 0 Å². The fourth-order valence-corrected chi connectivity index (χ4v) is 3.72. The highest BCUT2D eigenvalue weighted by Gasteiger charge is 2.71. The van der Waals surface area contributed by atoms with Crippen molar-refractivity contribution in [2.45, 2.75) is 24.6 Å². The first-order valence-corrected chi connectivity index (χ1v) is 8.78. The fraction of sp³-hybridized carbons (Fsp3) is 0.286. The second-order valence-electron chi connectivity index (χ2n) is 6.95. The number of hydrogen-bond acceptors (Lipinski definition) is 3. The first-order chi connectivity index (χ1) is 13.7. The number of pyridine rings is 1. The first-order valence-electron chi connectivity index (χ1n) is 8.78. The van der Waals surface area contributed by atoms with Crippen molar-refractivity contribution in [3.63, 3.8) is 0 Å². The van der Waals surface area contributed by atoms with Crippen LogP contribution in [0.4, 0.5) is 22.0 Å². The van der Waals surface area contributed by atoms with Crippen LogP contribution in [0.3, 0.4) is 0 Å². The fourth-order valence-electron chi connectivity index (χ4n) is 3.72. The zero-order chi connectivity index (χ0) is 21.0. The Balaban J connectivity index is 2.01. The van der Waals surface area contributed by atoms with E-state index in [4.69, 9.17) is 9.47 Å². The summed E-state index contributed by atoms with van der Waals surface area (Å²) in [6.45, 7) is 0.923. The van der Waals surface area contributed by atoms with Crippen LogP contribution in [0.15, 0.2) is 42.5 Å². The smallest absolute Gasteiger partial charge is 0.420 e. The quantitative estimate of drug-likeness (QED) is 0.434. The summed E-state index contributed by atoms with van der Waals surface area (Å²) in [6.07, 6.45) is -4.77. The number of alkyl halides is 3. The highest BCUT2D eigenvalue weighted by molar-refractivity contribution is 5.80. The summed E-state index contributed by atoms with van der Waals surface area (Å²) >= 11 is 0. The Kier molecular flexibility index (Phi) is 4.49. The normalized spacial score (nSPS) is 20.0. The van der Waals surface area contributed by atoms with E-state index in [1.54, 1.807) is 37.3 Å². The molecular formula is C21H16F5NO2. The van der Waals surface area contributed by atoms with Gasteiger partial charge in [0.15, 0.2) is 23.0 Å². The Hall–Kier alpha value is -2.74. The van der Waals surface area contributed by atoms with Gasteiger partial charge < -0.3 is 9.47 Å². The lowest BCUT2D eigenvalue weighted by molar-refractivity contribution is -0.187. The molecule has 0 amide bonds. The van der Waals surface area contributed by atoms with Gasteiger partial charge in [-0.15, -0.1) is 0 Å². The number of rotatable bonds is 4. The number of para-hydroxylation sites is 1. The molecule has 0 spiro atoms. The molecule has 0 bridgehead atoms. The van der Waals surface area contributed by atoms with Crippen molar-refractivity contribution in [2.75, 3.05) is 13.7 Å². The lowest BCUT2D eigenvalue weighted by Gasteiger charge is -2.29. The SMILES string of the molecule is COc1c(F)ccc(C(c2cc3ccccc3nc2C)C2(C(F)(F)F)CO2)c1F. The minimum Gasteiger partial charge on any atom is -0.491 e. The van der Waals surface area contributed by atoms with E-state index < -0.39 is 41.7 Å². The topological polar surface area (TPSA) is 34.6 Å². The molecular weight excluding hydrogens is 393 g/mol. The van der Waals surface area contributed by atoms with E-state index in [2.05, 4.69) is 4.98 Å². The largest absolute Gasteiger partial charge is 0.491 e. The molecule has 1 aliphatic heterocycles. The van der Waals surface area contributed by atoms with Gasteiger partial charge in [-0.1, -0.05) is 24.3 Å². The number of halogens is 5. The Morgan fingerprint density at radius 1 is 1.10 bits per heavy atom. The van der Waals surface area contributed by atoms with Gasteiger partial charge in [-0.25, -0.2) is 8.78 Å². The van der Waals surface area contributed by atoms with E-state index in [1.807, 2.05) is 0 Å². The van der Waals surface area contributed by atoms with E-state index in [-0.39, 0.29) is 11.1 Å². The van der Waals surface area contributed by atoms with Gasteiger partial charge in [-0.05, 0) is 30.7 Å². The lowest BCUT2D eigenvalue weighted by atomic mass is 9.78. The zero-order valence-electron chi connectivity index (χ0n) is 15.5. The maximum Gasteiger partial charge on any atom is 0.420 e. The van der Waals surface area contributed by atoms with Gasteiger partial charge in [0.05, 0.1) is 25.2 Å². The van der Waals surface area contributed by atoms with Crippen molar-refractivity contribution >= 4 is 10.9 Å². The van der Waals surface area contributed by atoms with Gasteiger partial charge in [0.25, 0.3) is 0 Å². The predicted molar refractivity (Wildman–Crippen MR) is 96.0 cm³/mol. The third-order valence-corrected chi connectivity index (χ3v) is 5.26. The molecule has 2 heterocycles. The summed E-state index contributed by atoms with van der Waals surface area (Å²) in [6, 6.07) is 10.4. The molecule has 8 heteroatoms. The van der Waals surface area contributed by atoms with Gasteiger partial charge in [0, 0.05) is 16.6 Å². The number of fused-ring (bicyclic) bond motifs is 1.